The Labute approximate surface area is 124 Å². The third-order valence-electron chi connectivity index (χ3n) is 3.60. The summed E-state index contributed by atoms with van der Waals surface area (Å²) in [5.41, 5.74) is 1.18. The lowest BCUT2D eigenvalue weighted by atomic mass is 10.1. The van der Waals surface area contributed by atoms with Crippen LogP contribution in [0.3, 0.4) is 0 Å². The number of rotatable bonds is 5. The lowest BCUT2D eigenvalue weighted by Crippen LogP contribution is -2.13. The van der Waals surface area contributed by atoms with Crippen LogP contribution in [0.1, 0.15) is 24.5 Å². The zero-order valence-corrected chi connectivity index (χ0v) is 12.3. The summed E-state index contributed by atoms with van der Waals surface area (Å²) < 4.78 is 27.3. The van der Waals surface area contributed by atoms with Crippen molar-refractivity contribution in [2.45, 2.75) is 23.8 Å². The zero-order valence-electron chi connectivity index (χ0n) is 11.4. The Morgan fingerprint density at radius 3 is 2.43 bits per heavy atom. The van der Waals surface area contributed by atoms with Crippen molar-refractivity contribution in [3.63, 3.8) is 0 Å². The summed E-state index contributed by atoms with van der Waals surface area (Å²) in [5.74, 6) is 0.269. The normalized spacial score (nSPS) is 16.4. The molecule has 1 aliphatic rings. The molecular formula is C16H17NO3S. The molecule has 1 aliphatic carbocycles. The van der Waals surface area contributed by atoms with Crippen molar-refractivity contribution in [2.24, 2.45) is 5.92 Å². The molecule has 0 saturated heterocycles. The second-order valence-corrected chi connectivity index (χ2v) is 7.01. The van der Waals surface area contributed by atoms with E-state index in [1.807, 2.05) is 6.07 Å². The summed E-state index contributed by atoms with van der Waals surface area (Å²) in [6.45, 7) is 0. The summed E-state index contributed by atoms with van der Waals surface area (Å²) in [5, 5.41) is 10.1. The van der Waals surface area contributed by atoms with Crippen molar-refractivity contribution in [1.82, 2.24) is 0 Å². The third-order valence-corrected chi connectivity index (χ3v) is 4.98. The molecule has 4 nitrogen and oxygen atoms in total. The molecule has 0 radical (unpaired) electrons. The van der Waals surface area contributed by atoms with Gasteiger partial charge in [-0.25, -0.2) is 8.42 Å². The van der Waals surface area contributed by atoms with E-state index < -0.39 is 16.1 Å². The van der Waals surface area contributed by atoms with Gasteiger partial charge in [0.2, 0.25) is 0 Å². The quantitative estimate of drug-likeness (QED) is 0.892. The molecule has 110 valence electrons. The first kappa shape index (κ1) is 14.1. The number of benzene rings is 2. The van der Waals surface area contributed by atoms with E-state index in [1.54, 1.807) is 42.5 Å². The molecule has 1 fully saturated rings. The molecule has 5 heteroatoms. The third kappa shape index (κ3) is 3.25. The molecule has 2 N–H and O–H groups in total. The van der Waals surface area contributed by atoms with Crippen LogP contribution in [0.15, 0.2) is 59.5 Å². The van der Waals surface area contributed by atoms with Gasteiger partial charge >= 0.3 is 0 Å². The Bertz CT molecular complexity index is 724. The lowest BCUT2D eigenvalue weighted by Gasteiger charge is -2.12. The fourth-order valence-electron chi connectivity index (χ4n) is 2.27. The van der Waals surface area contributed by atoms with Crippen LogP contribution >= 0.6 is 0 Å². The molecule has 2 aromatic rings. The molecule has 0 aromatic heterocycles. The van der Waals surface area contributed by atoms with Gasteiger partial charge in [-0.1, -0.05) is 30.3 Å². The highest BCUT2D eigenvalue weighted by atomic mass is 32.2. The number of aliphatic hydroxyl groups excluding tert-OH is 1. The zero-order chi connectivity index (χ0) is 14.9. The van der Waals surface area contributed by atoms with E-state index in [0.717, 1.165) is 12.8 Å². The summed E-state index contributed by atoms with van der Waals surface area (Å²) in [7, 11) is -3.64. The fraction of sp³-hybridized carbons (Fsp3) is 0.250. The predicted octanol–water partition coefficient (Wildman–Crippen LogP) is 2.93. The van der Waals surface area contributed by atoms with E-state index in [2.05, 4.69) is 4.72 Å². The second kappa shape index (κ2) is 5.50. The van der Waals surface area contributed by atoms with Gasteiger partial charge in [0.25, 0.3) is 10.0 Å². The first-order valence-corrected chi connectivity index (χ1v) is 8.40. The number of anilines is 1. The van der Waals surface area contributed by atoms with Crippen molar-refractivity contribution in [3.8, 4) is 0 Å². The Hall–Kier alpha value is -1.85. The van der Waals surface area contributed by atoms with Crippen LogP contribution in [0.2, 0.25) is 0 Å². The number of nitrogens with one attached hydrogen (secondary N) is 1. The van der Waals surface area contributed by atoms with Crippen LogP contribution in [-0.2, 0) is 10.0 Å². The second-order valence-electron chi connectivity index (χ2n) is 5.33. The molecular weight excluding hydrogens is 286 g/mol. The van der Waals surface area contributed by atoms with Crippen LogP contribution in [0.4, 0.5) is 5.69 Å². The van der Waals surface area contributed by atoms with Crippen LogP contribution < -0.4 is 4.72 Å². The predicted molar refractivity (Wildman–Crippen MR) is 81.4 cm³/mol. The average molecular weight is 303 g/mol. The van der Waals surface area contributed by atoms with Crippen molar-refractivity contribution in [2.75, 3.05) is 4.72 Å². The SMILES string of the molecule is O=S(=O)(Nc1ccccc1)c1cccc(C(O)C2CC2)c1. The van der Waals surface area contributed by atoms with E-state index in [1.165, 1.54) is 6.07 Å². The molecule has 21 heavy (non-hydrogen) atoms. The molecule has 0 bridgehead atoms. The van der Waals surface area contributed by atoms with Crippen LogP contribution in [0.5, 0.6) is 0 Å². The van der Waals surface area contributed by atoms with Gasteiger partial charge in [-0.3, -0.25) is 4.72 Å². The molecule has 3 rings (SSSR count). The Morgan fingerprint density at radius 1 is 1.05 bits per heavy atom. The number of hydrogen-bond donors (Lipinski definition) is 2. The highest BCUT2D eigenvalue weighted by Crippen LogP contribution is 2.41. The van der Waals surface area contributed by atoms with E-state index in [4.69, 9.17) is 0 Å². The van der Waals surface area contributed by atoms with Gasteiger partial charge in [0.05, 0.1) is 11.0 Å². The van der Waals surface area contributed by atoms with Gasteiger partial charge in [0.15, 0.2) is 0 Å². The summed E-state index contributed by atoms with van der Waals surface area (Å²) in [4.78, 5) is 0.170. The topological polar surface area (TPSA) is 66.4 Å². The summed E-state index contributed by atoms with van der Waals surface area (Å²) >= 11 is 0. The first-order chi connectivity index (χ1) is 10.1. The maximum absolute atomic E-state index is 12.4. The van der Waals surface area contributed by atoms with Crippen molar-refractivity contribution in [1.29, 1.82) is 0 Å². The highest BCUT2D eigenvalue weighted by molar-refractivity contribution is 7.92. The standard InChI is InChI=1S/C16H17NO3S/c18-16(12-9-10-12)13-5-4-8-15(11-13)21(19,20)17-14-6-2-1-3-7-14/h1-8,11-12,16-18H,9-10H2. The van der Waals surface area contributed by atoms with Gasteiger partial charge in [0.1, 0.15) is 0 Å². The minimum Gasteiger partial charge on any atom is -0.388 e. The fourth-order valence-corrected chi connectivity index (χ4v) is 3.38. The largest absolute Gasteiger partial charge is 0.388 e. The maximum Gasteiger partial charge on any atom is 0.261 e. The Kier molecular flexibility index (Phi) is 3.69. The van der Waals surface area contributed by atoms with Gasteiger partial charge < -0.3 is 5.11 Å². The molecule has 0 spiro atoms. The monoisotopic (exact) mass is 303 g/mol. The van der Waals surface area contributed by atoms with E-state index in [9.17, 15) is 13.5 Å². The number of sulfonamides is 1. The van der Waals surface area contributed by atoms with E-state index >= 15 is 0 Å². The number of para-hydroxylation sites is 1. The minimum absolute atomic E-state index is 0.170. The van der Waals surface area contributed by atoms with Crippen molar-refractivity contribution >= 4 is 15.7 Å². The summed E-state index contributed by atoms with van der Waals surface area (Å²) in [6, 6.07) is 15.3. The minimum atomic E-state index is -3.64. The van der Waals surface area contributed by atoms with Gasteiger partial charge in [-0.2, -0.15) is 0 Å². The van der Waals surface area contributed by atoms with Crippen LogP contribution in [-0.4, -0.2) is 13.5 Å². The molecule has 0 heterocycles. The molecule has 1 unspecified atom stereocenters. The highest BCUT2D eigenvalue weighted by Gasteiger charge is 2.31. The van der Waals surface area contributed by atoms with E-state index in [-0.39, 0.29) is 10.8 Å². The number of aliphatic hydroxyl groups is 1. The van der Waals surface area contributed by atoms with Crippen LogP contribution in [0, 0.1) is 5.92 Å². The first-order valence-electron chi connectivity index (χ1n) is 6.92. The summed E-state index contributed by atoms with van der Waals surface area (Å²) in [6.07, 6.45) is 1.43. The number of hydrogen-bond acceptors (Lipinski definition) is 3. The smallest absolute Gasteiger partial charge is 0.261 e. The molecule has 1 saturated carbocycles. The van der Waals surface area contributed by atoms with Crippen molar-refractivity contribution < 1.29 is 13.5 Å². The van der Waals surface area contributed by atoms with Crippen LogP contribution in [0.25, 0.3) is 0 Å². The molecule has 0 amide bonds. The molecule has 0 aliphatic heterocycles. The molecule has 2 aromatic carbocycles. The Morgan fingerprint density at radius 2 is 1.76 bits per heavy atom. The average Bonchev–Trinajstić information content (AvgIpc) is 3.32. The maximum atomic E-state index is 12.4. The lowest BCUT2D eigenvalue weighted by molar-refractivity contribution is 0.153. The van der Waals surface area contributed by atoms with Gasteiger partial charge in [-0.15, -0.1) is 0 Å². The molecule has 1 atom stereocenters. The Balaban J connectivity index is 1.86. The van der Waals surface area contributed by atoms with Gasteiger partial charge in [0, 0.05) is 5.69 Å². The van der Waals surface area contributed by atoms with E-state index in [0.29, 0.717) is 11.3 Å². The van der Waals surface area contributed by atoms with Crippen molar-refractivity contribution in [3.05, 3.63) is 60.2 Å². The van der Waals surface area contributed by atoms with Gasteiger partial charge in [-0.05, 0) is 48.6 Å².